The molecule has 0 saturated carbocycles. The Morgan fingerprint density at radius 1 is 1.41 bits per heavy atom. The number of hydrogen-bond acceptors (Lipinski definition) is 5. The van der Waals surface area contributed by atoms with E-state index in [4.69, 9.17) is 0 Å². The summed E-state index contributed by atoms with van der Waals surface area (Å²) in [6, 6.07) is 5.40. The van der Waals surface area contributed by atoms with E-state index in [9.17, 15) is 20.0 Å². The van der Waals surface area contributed by atoms with E-state index in [1.165, 1.54) is 38.3 Å². The monoisotopic (exact) mass is 239 g/mol. The Morgan fingerprint density at radius 2 is 1.94 bits per heavy atom. The molecule has 1 N–H and O–H groups in total. The molecule has 0 saturated heterocycles. The van der Waals surface area contributed by atoms with Crippen LogP contribution in [0.2, 0.25) is 0 Å². The van der Waals surface area contributed by atoms with Gasteiger partial charge in [-0.3, -0.25) is 14.9 Å². The van der Waals surface area contributed by atoms with Gasteiger partial charge < -0.3 is 9.84 Å². The van der Waals surface area contributed by atoms with Crippen LogP contribution in [-0.4, -0.2) is 23.1 Å². The number of nitro benzene ring substituents is 1. The number of nitro groups is 1. The molecule has 0 amide bonds. The van der Waals surface area contributed by atoms with Gasteiger partial charge in [-0.1, -0.05) is 0 Å². The van der Waals surface area contributed by atoms with Gasteiger partial charge in [-0.05, 0) is 24.6 Å². The standard InChI is InChI=1S/C11H13NO5/c1-7(11(14)17-2)10(13)8-3-5-9(6-4-8)12(15)16/h3-7,10,13H,1-2H3/t7-,10+/m1/s1. The number of hydrogen-bond donors (Lipinski definition) is 1. The van der Waals surface area contributed by atoms with Gasteiger partial charge in [0.2, 0.25) is 0 Å². The van der Waals surface area contributed by atoms with Crippen LogP contribution in [0.15, 0.2) is 24.3 Å². The van der Waals surface area contributed by atoms with Crippen LogP contribution in [0, 0.1) is 16.0 Å². The molecule has 6 nitrogen and oxygen atoms in total. The second-order valence-corrected chi connectivity index (χ2v) is 3.61. The van der Waals surface area contributed by atoms with Gasteiger partial charge in [-0.25, -0.2) is 0 Å². The third-order valence-corrected chi connectivity index (χ3v) is 2.49. The molecule has 0 bridgehead atoms. The van der Waals surface area contributed by atoms with Crippen LogP contribution in [0.4, 0.5) is 5.69 Å². The molecule has 1 aromatic rings. The molecule has 0 heterocycles. The number of methoxy groups -OCH3 is 1. The number of ether oxygens (including phenoxy) is 1. The molecular weight excluding hydrogens is 226 g/mol. The Morgan fingerprint density at radius 3 is 2.35 bits per heavy atom. The highest BCUT2D eigenvalue weighted by Crippen LogP contribution is 2.24. The molecule has 0 aromatic heterocycles. The van der Waals surface area contributed by atoms with Gasteiger partial charge in [0, 0.05) is 12.1 Å². The lowest BCUT2D eigenvalue weighted by Gasteiger charge is -2.16. The van der Waals surface area contributed by atoms with Crippen LogP contribution in [0.5, 0.6) is 0 Å². The molecule has 2 atom stereocenters. The molecule has 0 fully saturated rings. The fourth-order valence-corrected chi connectivity index (χ4v) is 1.40. The fraction of sp³-hybridized carbons (Fsp3) is 0.364. The molecule has 0 aliphatic rings. The summed E-state index contributed by atoms with van der Waals surface area (Å²) in [6.45, 7) is 1.53. The number of carbonyl (C=O) groups excluding carboxylic acids is 1. The highest BCUT2D eigenvalue weighted by atomic mass is 16.6. The van der Waals surface area contributed by atoms with E-state index in [1.807, 2.05) is 0 Å². The van der Waals surface area contributed by atoms with Crippen LogP contribution in [0.3, 0.4) is 0 Å². The zero-order valence-electron chi connectivity index (χ0n) is 9.49. The smallest absolute Gasteiger partial charge is 0.311 e. The average molecular weight is 239 g/mol. The summed E-state index contributed by atoms with van der Waals surface area (Å²) in [5.41, 5.74) is 0.375. The SMILES string of the molecule is COC(=O)[C@H](C)[C@H](O)c1ccc([N+](=O)[O-])cc1. The summed E-state index contributed by atoms with van der Waals surface area (Å²) in [5.74, 6) is -1.25. The summed E-state index contributed by atoms with van der Waals surface area (Å²) >= 11 is 0. The number of carbonyl (C=O) groups is 1. The van der Waals surface area contributed by atoms with E-state index in [2.05, 4.69) is 4.74 Å². The number of aliphatic hydroxyl groups is 1. The molecule has 0 radical (unpaired) electrons. The lowest BCUT2D eigenvalue weighted by atomic mass is 9.97. The van der Waals surface area contributed by atoms with Gasteiger partial charge in [-0.2, -0.15) is 0 Å². The maximum atomic E-state index is 11.2. The van der Waals surface area contributed by atoms with E-state index in [1.54, 1.807) is 0 Å². The quantitative estimate of drug-likeness (QED) is 0.487. The highest BCUT2D eigenvalue weighted by molar-refractivity contribution is 5.72. The van der Waals surface area contributed by atoms with Crippen molar-refractivity contribution < 1.29 is 19.6 Å². The van der Waals surface area contributed by atoms with Crippen LogP contribution in [0.1, 0.15) is 18.6 Å². The van der Waals surface area contributed by atoms with Crippen LogP contribution < -0.4 is 0 Å². The van der Waals surface area contributed by atoms with E-state index in [-0.39, 0.29) is 5.69 Å². The van der Waals surface area contributed by atoms with E-state index in [0.29, 0.717) is 5.56 Å². The van der Waals surface area contributed by atoms with E-state index in [0.717, 1.165) is 0 Å². The normalized spacial score (nSPS) is 13.8. The fourth-order valence-electron chi connectivity index (χ4n) is 1.40. The summed E-state index contributed by atoms with van der Waals surface area (Å²) in [5, 5.41) is 20.3. The number of esters is 1. The molecule has 6 heteroatoms. The maximum absolute atomic E-state index is 11.2. The molecule has 0 unspecified atom stereocenters. The Bertz CT molecular complexity index is 414. The van der Waals surface area contributed by atoms with Crippen molar-refractivity contribution in [2.45, 2.75) is 13.0 Å². The van der Waals surface area contributed by atoms with Gasteiger partial charge in [0.15, 0.2) is 0 Å². The van der Waals surface area contributed by atoms with E-state index < -0.39 is 22.9 Å². The third kappa shape index (κ3) is 3.01. The number of nitrogens with zero attached hydrogens (tertiary/aromatic N) is 1. The minimum Gasteiger partial charge on any atom is -0.469 e. The number of rotatable bonds is 4. The molecule has 1 rings (SSSR count). The number of non-ortho nitro benzene ring substituents is 1. The van der Waals surface area contributed by atoms with Crippen molar-refractivity contribution in [1.82, 2.24) is 0 Å². The topological polar surface area (TPSA) is 89.7 Å². The molecule has 1 aromatic carbocycles. The largest absolute Gasteiger partial charge is 0.469 e. The third-order valence-electron chi connectivity index (χ3n) is 2.49. The van der Waals surface area contributed by atoms with Gasteiger partial charge in [-0.15, -0.1) is 0 Å². The van der Waals surface area contributed by atoms with Crippen molar-refractivity contribution in [1.29, 1.82) is 0 Å². The molecular formula is C11H13NO5. The van der Waals surface area contributed by atoms with Gasteiger partial charge in [0.05, 0.1) is 24.1 Å². The van der Waals surface area contributed by atoms with Gasteiger partial charge in [0.1, 0.15) is 0 Å². The lowest BCUT2D eigenvalue weighted by Crippen LogP contribution is -2.20. The Labute approximate surface area is 98.0 Å². The Kier molecular flexibility index (Phi) is 4.17. The molecule has 0 spiro atoms. The second kappa shape index (κ2) is 5.40. The maximum Gasteiger partial charge on any atom is 0.311 e. The first-order valence-electron chi connectivity index (χ1n) is 4.97. The zero-order valence-corrected chi connectivity index (χ0v) is 9.49. The van der Waals surface area contributed by atoms with E-state index >= 15 is 0 Å². The molecule has 0 aliphatic heterocycles. The second-order valence-electron chi connectivity index (χ2n) is 3.61. The summed E-state index contributed by atoms with van der Waals surface area (Å²) in [6.07, 6.45) is -1.04. The lowest BCUT2D eigenvalue weighted by molar-refractivity contribution is -0.384. The Hall–Kier alpha value is -1.95. The first-order chi connectivity index (χ1) is 7.97. The van der Waals surface area contributed by atoms with Crippen molar-refractivity contribution in [3.63, 3.8) is 0 Å². The minimum absolute atomic E-state index is 0.0633. The van der Waals surface area contributed by atoms with Gasteiger partial charge in [0.25, 0.3) is 5.69 Å². The van der Waals surface area contributed by atoms with Crippen molar-refractivity contribution in [2.24, 2.45) is 5.92 Å². The van der Waals surface area contributed by atoms with Crippen LogP contribution in [0.25, 0.3) is 0 Å². The highest BCUT2D eigenvalue weighted by Gasteiger charge is 2.24. The summed E-state index contributed by atoms with van der Waals surface area (Å²) in [7, 11) is 1.24. The van der Waals surface area contributed by atoms with Crippen molar-refractivity contribution in [3.8, 4) is 0 Å². The van der Waals surface area contributed by atoms with Crippen molar-refractivity contribution in [3.05, 3.63) is 39.9 Å². The average Bonchev–Trinajstić information content (AvgIpc) is 2.36. The summed E-state index contributed by atoms with van der Waals surface area (Å²) in [4.78, 5) is 21.1. The van der Waals surface area contributed by atoms with Crippen molar-refractivity contribution in [2.75, 3.05) is 7.11 Å². The van der Waals surface area contributed by atoms with Crippen molar-refractivity contribution >= 4 is 11.7 Å². The first kappa shape index (κ1) is 13.1. The minimum atomic E-state index is -1.04. The summed E-state index contributed by atoms with van der Waals surface area (Å²) < 4.78 is 4.51. The molecule has 17 heavy (non-hydrogen) atoms. The zero-order chi connectivity index (χ0) is 13.0. The van der Waals surface area contributed by atoms with Gasteiger partial charge >= 0.3 is 5.97 Å². The van der Waals surface area contributed by atoms with Crippen LogP contribution >= 0.6 is 0 Å². The number of aliphatic hydroxyl groups excluding tert-OH is 1. The van der Waals surface area contributed by atoms with Crippen LogP contribution in [-0.2, 0) is 9.53 Å². The molecule has 0 aliphatic carbocycles. The first-order valence-corrected chi connectivity index (χ1v) is 4.97. The molecule has 92 valence electrons. The predicted octanol–water partition coefficient (Wildman–Crippen LogP) is 1.44. The Balaban J connectivity index is 2.86. The number of benzene rings is 1. The predicted molar refractivity (Wildman–Crippen MR) is 59.2 cm³/mol.